The van der Waals surface area contributed by atoms with Gasteiger partial charge >= 0.3 is 5.97 Å². The van der Waals surface area contributed by atoms with E-state index in [1.54, 1.807) is 18.0 Å². The summed E-state index contributed by atoms with van der Waals surface area (Å²) in [6, 6.07) is 0. The van der Waals surface area contributed by atoms with Crippen molar-refractivity contribution in [1.82, 2.24) is 14.9 Å². The Morgan fingerprint density at radius 1 is 1.60 bits per heavy atom. The fourth-order valence-electron chi connectivity index (χ4n) is 2.17. The van der Waals surface area contributed by atoms with Gasteiger partial charge in [0.15, 0.2) is 5.16 Å². The Morgan fingerprint density at radius 2 is 2.30 bits per heavy atom. The summed E-state index contributed by atoms with van der Waals surface area (Å²) in [5.41, 5.74) is -0.650. The van der Waals surface area contributed by atoms with Crippen LogP contribution in [0.15, 0.2) is 17.6 Å². The molecule has 0 amide bonds. The van der Waals surface area contributed by atoms with Crippen LogP contribution >= 0.6 is 11.8 Å². The molecule has 0 radical (unpaired) electrons. The third kappa shape index (κ3) is 4.52. The predicted octanol–water partition coefficient (Wildman–Crippen LogP) is 2.22. The van der Waals surface area contributed by atoms with Gasteiger partial charge in [-0.25, -0.2) is 4.98 Å². The number of imidazole rings is 1. The molecule has 1 rings (SSSR count). The summed E-state index contributed by atoms with van der Waals surface area (Å²) in [7, 11) is 1.97. The summed E-state index contributed by atoms with van der Waals surface area (Å²) >= 11 is 1.67. The van der Waals surface area contributed by atoms with E-state index in [1.165, 1.54) is 0 Å². The van der Waals surface area contributed by atoms with Crippen LogP contribution in [0.1, 0.15) is 34.1 Å². The third-order valence-corrected chi connectivity index (χ3v) is 4.25. The number of thioether (sulfide) groups is 1. The summed E-state index contributed by atoms with van der Waals surface area (Å²) < 4.78 is 7.17. The molecule has 0 aliphatic carbocycles. The second-order valence-corrected chi connectivity index (χ2v) is 6.44. The average Bonchev–Trinajstić information content (AvgIpc) is 2.75. The van der Waals surface area contributed by atoms with Gasteiger partial charge in [-0.1, -0.05) is 25.6 Å². The number of aromatic nitrogens is 2. The minimum Gasteiger partial charge on any atom is -0.465 e. The lowest BCUT2D eigenvalue weighted by Gasteiger charge is -2.30. The standard InChI is InChI=1S/C14H25N3O2S/c1-6-16-14(4,12(18)19-7-2)10-11(3)20-13-15-8-9-17(13)5/h8-9,11,16H,6-7,10H2,1-5H3. The quantitative estimate of drug-likeness (QED) is 0.589. The number of nitrogens with one attached hydrogen (secondary N) is 1. The Morgan fingerprint density at radius 3 is 2.80 bits per heavy atom. The summed E-state index contributed by atoms with van der Waals surface area (Å²) in [5.74, 6) is -0.186. The lowest BCUT2D eigenvalue weighted by atomic mass is 9.96. The summed E-state index contributed by atoms with van der Waals surface area (Å²) in [6.07, 6.45) is 4.39. The number of likely N-dealkylation sites (N-methyl/N-ethyl adjacent to an activating group) is 1. The molecule has 0 bridgehead atoms. The number of aryl methyl sites for hydroxylation is 1. The zero-order valence-electron chi connectivity index (χ0n) is 13.0. The molecular formula is C14H25N3O2S. The Kier molecular flexibility index (Phi) is 6.55. The van der Waals surface area contributed by atoms with E-state index in [1.807, 2.05) is 38.6 Å². The molecule has 0 aliphatic rings. The molecule has 1 aromatic heterocycles. The Hall–Kier alpha value is -1.01. The first-order valence-electron chi connectivity index (χ1n) is 6.99. The highest BCUT2D eigenvalue weighted by atomic mass is 32.2. The van der Waals surface area contributed by atoms with Crippen LogP contribution in [0.4, 0.5) is 0 Å². The molecule has 0 aliphatic heterocycles. The SMILES string of the molecule is CCNC(C)(CC(C)Sc1nccn1C)C(=O)OCC. The van der Waals surface area contributed by atoms with Gasteiger partial charge in [-0.05, 0) is 26.8 Å². The maximum Gasteiger partial charge on any atom is 0.326 e. The van der Waals surface area contributed by atoms with Crippen LogP contribution in [0.3, 0.4) is 0 Å². The lowest BCUT2D eigenvalue weighted by Crippen LogP contribution is -2.51. The molecule has 6 heteroatoms. The minimum atomic E-state index is -0.650. The monoisotopic (exact) mass is 299 g/mol. The zero-order chi connectivity index (χ0) is 15.2. The van der Waals surface area contributed by atoms with Gasteiger partial charge in [0, 0.05) is 24.7 Å². The van der Waals surface area contributed by atoms with E-state index in [2.05, 4.69) is 17.2 Å². The first-order chi connectivity index (χ1) is 9.42. The van der Waals surface area contributed by atoms with Gasteiger partial charge in [0.2, 0.25) is 0 Å². The highest BCUT2D eigenvalue weighted by Gasteiger charge is 2.35. The second kappa shape index (κ2) is 7.69. The van der Waals surface area contributed by atoms with Gasteiger partial charge in [-0.3, -0.25) is 4.79 Å². The predicted molar refractivity (Wildman–Crippen MR) is 81.9 cm³/mol. The minimum absolute atomic E-state index is 0.186. The number of nitrogens with zero attached hydrogens (tertiary/aromatic N) is 2. The summed E-state index contributed by atoms with van der Waals surface area (Å²) in [4.78, 5) is 16.4. The topological polar surface area (TPSA) is 56.2 Å². The maximum atomic E-state index is 12.1. The van der Waals surface area contributed by atoms with Crippen LogP contribution in [0.5, 0.6) is 0 Å². The lowest BCUT2D eigenvalue weighted by molar-refractivity contribution is -0.150. The van der Waals surface area contributed by atoms with Crippen molar-refractivity contribution >= 4 is 17.7 Å². The normalized spacial score (nSPS) is 15.7. The van der Waals surface area contributed by atoms with Gasteiger partial charge in [-0.15, -0.1) is 0 Å². The number of hydrogen-bond acceptors (Lipinski definition) is 5. The molecule has 0 spiro atoms. The Balaban J connectivity index is 2.69. The van der Waals surface area contributed by atoms with Crippen molar-refractivity contribution in [2.75, 3.05) is 13.2 Å². The van der Waals surface area contributed by atoms with E-state index < -0.39 is 5.54 Å². The number of ether oxygens (including phenoxy) is 1. The van der Waals surface area contributed by atoms with E-state index in [9.17, 15) is 4.79 Å². The van der Waals surface area contributed by atoms with E-state index in [-0.39, 0.29) is 11.2 Å². The van der Waals surface area contributed by atoms with Crippen molar-refractivity contribution in [2.45, 2.75) is 50.1 Å². The number of carbonyl (C=O) groups is 1. The van der Waals surface area contributed by atoms with E-state index in [4.69, 9.17) is 4.74 Å². The molecule has 0 saturated heterocycles. The van der Waals surface area contributed by atoms with Gasteiger partial charge in [0.25, 0.3) is 0 Å². The van der Waals surface area contributed by atoms with E-state index >= 15 is 0 Å². The smallest absolute Gasteiger partial charge is 0.326 e. The Bertz CT molecular complexity index is 436. The highest BCUT2D eigenvalue weighted by molar-refractivity contribution is 7.99. The van der Waals surface area contributed by atoms with Crippen molar-refractivity contribution in [3.8, 4) is 0 Å². The number of carbonyl (C=O) groups excluding carboxylic acids is 1. The first-order valence-corrected chi connectivity index (χ1v) is 7.87. The number of rotatable bonds is 8. The van der Waals surface area contributed by atoms with Crippen LogP contribution in [0.2, 0.25) is 0 Å². The molecule has 1 aromatic rings. The fourth-order valence-corrected chi connectivity index (χ4v) is 3.30. The van der Waals surface area contributed by atoms with Crippen LogP contribution in [-0.2, 0) is 16.6 Å². The second-order valence-electron chi connectivity index (χ2n) is 5.04. The van der Waals surface area contributed by atoms with Gasteiger partial charge in [0.05, 0.1) is 6.61 Å². The fraction of sp³-hybridized carbons (Fsp3) is 0.714. The first kappa shape index (κ1) is 17.0. The van der Waals surface area contributed by atoms with Crippen LogP contribution < -0.4 is 5.32 Å². The molecule has 2 atom stereocenters. The van der Waals surface area contributed by atoms with Crippen molar-refractivity contribution in [1.29, 1.82) is 0 Å². The van der Waals surface area contributed by atoms with E-state index in [0.717, 1.165) is 11.7 Å². The molecule has 1 N–H and O–H groups in total. The zero-order valence-corrected chi connectivity index (χ0v) is 13.8. The van der Waals surface area contributed by atoms with E-state index in [0.29, 0.717) is 13.0 Å². The largest absolute Gasteiger partial charge is 0.465 e. The van der Waals surface area contributed by atoms with Crippen molar-refractivity contribution in [2.24, 2.45) is 7.05 Å². The molecule has 0 fully saturated rings. The molecule has 0 aromatic carbocycles. The van der Waals surface area contributed by atoms with Crippen LogP contribution in [0, 0.1) is 0 Å². The van der Waals surface area contributed by atoms with Crippen molar-refractivity contribution < 1.29 is 9.53 Å². The molecule has 2 unspecified atom stereocenters. The molecular weight excluding hydrogens is 274 g/mol. The van der Waals surface area contributed by atoms with Gasteiger partial charge < -0.3 is 14.6 Å². The van der Waals surface area contributed by atoms with Gasteiger partial charge in [-0.2, -0.15) is 0 Å². The summed E-state index contributed by atoms with van der Waals surface area (Å²) in [5, 5.41) is 4.47. The molecule has 0 saturated carbocycles. The third-order valence-electron chi connectivity index (χ3n) is 3.07. The van der Waals surface area contributed by atoms with Crippen molar-refractivity contribution in [3.63, 3.8) is 0 Å². The highest BCUT2D eigenvalue weighted by Crippen LogP contribution is 2.28. The Labute approximate surface area is 125 Å². The average molecular weight is 299 g/mol. The van der Waals surface area contributed by atoms with Crippen LogP contribution in [-0.4, -0.2) is 39.5 Å². The molecule has 5 nitrogen and oxygen atoms in total. The molecule has 1 heterocycles. The van der Waals surface area contributed by atoms with Crippen molar-refractivity contribution in [3.05, 3.63) is 12.4 Å². The number of hydrogen-bond donors (Lipinski definition) is 1. The van der Waals surface area contributed by atoms with Gasteiger partial charge in [0.1, 0.15) is 5.54 Å². The summed E-state index contributed by atoms with van der Waals surface area (Å²) in [6.45, 7) is 8.97. The molecule has 114 valence electrons. The number of esters is 1. The maximum absolute atomic E-state index is 12.1. The molecule has 20 heavy (non-hydrogen) atoms. The van der Waals surface area contributed by atoms with Crippen LogP contribution in [0.25, 0.3) is 0 Å².